The van der Waals surface area contributed by atoms with Gasteiger partial charge in [-0.15, -0.1) is 11.3 Å². The van der Waals surface area contributed by atoms with E-state index in [0.717, 1.165) is 17.0 Å². The zero-order valence-corrected chi connectivity index (χ0v) is 20.7. The van der Waals surface area contributed by atoms with Crippen molar-refractivity contribution in [3.8, 4) is 0 Å². The standard InChI is InChI=1S/C26H26N4O2S2/c1-3-32-25(31)23-14-22(13-19-7-5-4-6-8-19)34-24(23)29-26(33)28-21-15-27-30(17-21)16-20-11-9-18(2)10-12-20/h4-12,14-15,17H,3,13,16H2,1-2H3,(H2,28,29,33). The first kappa shape index (κ1) is 23.7. The van der Waals surface area contributed by atoms with Gasteiger partial charge in [-0.3, -0.25) is 4.68 Å². The molecule has 2 N–H and O–H groups in total. The fraction of sp³-hybridized carbons (Fsp3) is 0.192. The second-order valence-corrected chi connectivity index (χ2v) is 9.37. The summed E-state index contributed by atoms with van der Waals surface area (Å²) in [6.45, 7) is 4.84. The third-order valence-corrected chi connectivity index (χ3v) is 6.34. The summed E-state index contributed by atoms with van der Waals surface area (Å²) in [5.74, 6) is -0.366. The number of thiocarbonyl (C=S) groups is 1. The van der Waals surface area contributed by atoms with Crippen LogP contribution in [0.2, 0.25) is 0 Å². The second-order valence-electron chi connectivity index (χ2n) is 7.83. The largest absolute Gasteiger partial charge is 0.462 e. The van der Waals surface area contributed by atoms with Crippen LogP contribution in [0.4, 0.5) is 10.7 Å². The molecular formula is C26H26N4O2S2. The van der Waals surface area contributed by atoms with E-state index < -0.39 is 0 Å². The summed E-state index contributed by atoms with van der Waals surface area (Å²) in [4.78, 5) is 13.6. The average molecular weight is 491 g/mol. The van der Waals surface area contributed by atoms with Gasteiger partial charge in [-0.1, -0.05) is 60.2 Å². The predicted octanol–water partition coefficient (Wildman–Crippen LogP) is 5.88. The Balaban J connectivity index is 1.43. The van der Waals surface area contributed by atoms with Crippen LogP contribution >= 0.6 is 23.6 Å². The van der Waals surface area contributed by atoms with E-state index in [1.807, 2.05) is 35.1 Å². The Kier molecular flexibility index (Phi) is 7.72. The van der Waals surface area contributed by atoms with Gasteiger partial charge in [0.1, 0.15) is 5.00 Å². The summed E-state index contributed by atoms with van der Waals surface area (Å²) in [6.07, 6.45) is 4.35. The molecule has 0 unspecified atom stereocenters. The number of anilines is 2. The van der Waals surface area contributed by atoms with Crippen LogP contribution in [-0.2, 0) is 17.7 Å². The van der Waals surface area contributed by atoms with Crippen LogP contribution < -0.4 is 10.6 Å². The van der Waals surface area contributed by atoms with Gasteiger partial charge in [0.15, 0.2) is 5.11 Å². The van der Waals surface area contributed by atoms with E-state index in [2.05, 4.69) is 59.1 Å². The fourth-order valence-corrected chi connectivity index (χ4v) is 4.81. The van der Waals surface area contributed by atoms with Crippen LogP contribution in [0.5, 0.6) is 0 Å². The van der Waals surface area contributed by atoms with Crippen molar-refractivity contribution in [2.24, 2.45) is 0 Å². The van der Waals surface area contributed by atoms with Gasteiger partial charge >= 0.3 is 5.97 Å². The van der Waals surface area contributed by atoms with Gasteiger partial charge in [-0.05, 0) is 43.3 Å². The number of nitrogens with one attached hydrogen (secondary N) is 2. The normalized spacial score (nSPS) is 10.6. The van der Waals surface area contributed by atoms with Gasteiger partial charge in [-0.25, -0.2) is 4.79 Å². The second kappa shape index (κ2) is 11.1. The number of benzene rings is 2. The highest BCUT2D eigenvalue weighted by molar-refractivity contribution is 7.80. The van der Waals surface area contributed by atoms with Crippen molar-refractivity contribution in [1.29, 1.82) is 0 Å². The zero-order valence-electron chi connectivity index (χ0n) is 19.1. The zero-order chi connectivity index (χ0) is 23.9. The molecule has 0 saturated carbocycles. The molecule has 0 radical (unpaired) electrons. The highest BCUT2D eigenvalue weighted by Crippen LogP contribution is 2.31. The maximum atomic E-state index is 12.5. The Morgan fingerprint density at radius 1 is 1.09 bits per heavy atom. The molecular weight excluding hydrogens is 464 g/mol. The predicted molar refractivity (Wildman–Crippen MR) is 142 cm³/mol. The Hall–Kier alpha value is -3.49. The van der Waals surface area contributed by atoms with E-state index in [1.165, 1.54) is 28.0 Å². The number of ether oxygens (including phenoxy) is 1. The average Bonchev–Trinajstić information content (AvgIpc) is 3.42. The lowest BCUT2D eigenvalue weighted by Gasteiger charge is -2.09. The summed E-state index contributed by atoms with van der Waals surface area (Å²) in [6, 6.07) is 20.4. The molecule has 0 aliphatic rings. The van der Waals surface area contributed by atoms with Crippen molar-refractivity contribution in [2.45, 2.75) is 26.8 Å². The third kappa shape index (κ3) is 6.30. The minimum absolute atomic E-state index is 0.311. The molecule has 0 spiro atoms. The van der Waals surface area contributed by atoms with Crippen molar-refractivity contribution < 1.29 is 9.53 Å². The molecule has 2 aromatic carbocycles. The molecule has 8 heteroatoms. The monoisotopic (exact) mass is 490 g/mol. The highest BCUT2D eigenvalue weighted by Gasteiger charge is 2.18. The lowest BCUT2D eigenvalue weighted by Crippen LogP contribution is -2.19. The summed E-state index contributed by atoms with van der Waals surface area (Å²) in [7, 11) is 0. The molecule has 4 aromatic rings. The van der Waals surface area contributed by atoms with E-state index in [0.29, 0.717) is 28.8 Å². The Morgan fingerprint density at radius 2 is 1.85 bits per heavy atom. The summed E-state index contributed by atoms with van der Waals surface area (Å²) in [5.41, 5.74) is 4.82. The number of hydrogen-bond acceptors (Lipinski definition) is 5. The maximum absolute atomic E-state index is 12.5. The van der Waals surface area contributed by atoms with Crippen LogP contribution in [-0.4, -0.2) is 27.5 Å². The van der Waals surface area contributed by atoms with Crippen molar-refractivity contribution in [3.63, 3.8) is 0 Å². The molecule has 34 heavy (non-hydrogen) atoms. The van der Waals surface area contributed by atoms with Gasteiger partial charge in [0, 0.05) is 17.5 Å². The molecule has 0 aliphatic heterocycles. The molecule has 174 valence electrons. The molecule has 0 atom stereocenters. The minimum atomic E-state index is -0.366. The number of carbonyl (C=O) groups is 1. The number of aromatic nitrogens is 2. The molecule has 4 rings (SSSR count). The fourth-order valence-electron chi connectivity index (χ4n) is 3.44. The SMILES string of the molecule is CCOC(=O)c1cc(Cc2ccccc2)sc1NC(=S)Nc1cnn(Cc2ccc(C)cc2)c1. The van der Waals surface area contributed by atoms with E-state index >= 15 is 0 Å². The molecule has 0 saturated heterocycles. The minimum Gasteiger partial charge on any atom is -0.462 e. The van der Waals surface area contributed by atoms with Crippen molar-refractivity contribution in [1.82, 2.24) is 9.78 Å². The first-order valence-corrected chi connectivity index (χ1v) is 12.2. The summed E-state index contributed by atoms with van der Waals surface area (Å²) >= 11 is 7.01. The van der Waals surface area contributed by atoms with Crippen LogP contribution in [0.25, 0.3) is 0 Å². The van der Waals surface area contributed by atoms with Crippen LogP contribution in [0.1, 0.15) is 38.8 Å². The van der Waals surface area contributed by atoms with Gasteiger partial charge in [0.2, 0.25) is 0 Å². The molecule has 2 heterocycles. The van der Waals surface area contributed by atoms with Crippen molar-refractivity contribution >= 4 is 45.3 Å². The number of carbonyl (C=O) groups excluding carboxylic acids is 1. The number of rotatable bonds is 8. The number of esters is 1. The van der Waals surface area contributed by atoms with Crippen LogP contribution in [0, 0.1) is 6.92 Å². The van der Waals surface area contributed by atoms with Gasteiger partial charge in [0.25, 0.3) is 0 Å². The maximum Gasteiger partial charge on any atom is 0.341 e. The van der Waals surface area contributed by atoms with Crippen LogP contribution in [0.3, 0.4) is 0 Å². The third-order valence-electron chi connectivity index (χ3n) is 5.08. The van der Waals surface area contributed by atoms with Crippen molar-refractivity contribution in [2.75, 3.05) is 17.2 Å². The summed E-state index contributed by atoms with van der Waals surface area (Å²) in [5, 5.41) is 11.8. The van der Waals surface area contributed by atoms with E-state index in [9.17, 15) is 4.79 Å². The Labute approximate surface area is 208 Å². The number of thiophene rings is 1. The first-order valence-electron chi connectivity index (χ1n) is 11.0. The molecule has 0 fully saturated rings. The topological polar surface area (TPSA) is 68.2 Å². The van der Waals surface area contributed by atoms with Crippen molar-refractivity contribution in [3.05, 3.63) is 100 Å². The highest BCUT2D eigenvalue weighted by atomic mass is 32.1. The van der Waals surface area contributed by atoms with E-state index in [-0.39, 0.29) is 5.97 Å². The van der Waals surface area contributed by atoms with Gasteiger partial charge < -0.3 is 15.4 Å². The molecule has 6 nitrogen and oxygen atoms in total. The lowest BCUT2D eigenvalue weighted by atomic mass is 10.1. The summed E-state index contributed by atoms with van der Waals surface area (Å²) < 4.78 is 7.10. The molecule has 2 aromatic heterocycles. The van der Waals surface area contributed by atoms with Gasteiger partial charge in [0.05, 0.1) is 30.6 Å². The van der Waals surface area contributed by atoms with Gasteiger partial charge in [-0.2, -0.15) is 5.10 Å². The number of aryl methyl sites for hydroxylation is 1. The van der Waals surface area contributed by atoms with Crippen LogP contribution in [0.15, 0.2) is 73.1 Å². The first-order chi connectivity index (χ1) is 16.5. The Morgan fingerprint density at radius 3 is 2.59 bits per heavy atom. The Bertz CT molecular complexity index is 1260. The van der Waals surface area contributed by atoms with E-state index in [1.54, 1.807) is 13.1 Å². The molecule has 0 bridgehead atoms. The number of nitrogens with zero attached hydrogens (tertiary/aromatic N) is 2. The number of hydrogen-bond donors (Lipinski definition) is 2. The van der Waals surface area contributed by atoms with E-state index in [4.69, 9.17) is 17.0 Å². The molecule has 0 aliphatic carbocycles. The smallest absolute Gasteiger partial charge is 0.341 e. The quantitative estimate of drug-likeness (QED) is 0.238. The lowest BCUT2D eigenvalue weighted by molar-refractivity contribution is 0.0528. The molecule has 0 amide bonds.